The minimum Gasteiger partial charge on any atom is -0.387 e. The van der Waals surface area contributed by atoms with Crippen molar-refractivity contribution in [2.24, 2.45) is 0 Å². The number of halogens is 1. The second-order valence-corrected chi connectivity index (χ2v) is 3.40. The quantitative estimate of drug-likeness (QED) is 0.701. The first kappa shape index (κ1) is 9.56. The Morgan fingerprint density at radius 1 is 1.25 bits per heavy atom. The van der Waals surface area contributed by atoms with Gasteiger partial charge in [-0.1, -0.05) is 29.3 Å². The summed E-state index contributed by atoms with van der Waals surface area (Å²) in [5.74, 6) is 0.253. The van der Waals surface area contributed by atoms with E-state index in [4.69, 9.17) is 11.6 Å². The maximum atomic E-state index is 9.45. The van der Waals surface area contributed by atoms with Crippen LogP contribution in [0.3, 0.4) is 0 Å². The normalized spacial score (nSPS) is 13.0. The molecule has 12 heavy (non-hydrogen) atoms. The molecule has 0 radical (unpaired) electrons. The lowest BCUT2D eigenvalue weighted by Crippen LogP contribution is -1.99. The molecule has 0 aliphatic carbocycles. The number of aliphatic hydroxyl groups excluding tert-OH is 1. The van der Waals surface area contributed by atoms with E-state index in [1.54, 1.807) is 0 Å². The molecule has 0 fully saturated rings. The molecule has 0 heterocycles. The van der Waals surface area contributed by atoms with Gasteiger partial charge in [0.2, 0.25) is 0 Å². The van der Waals surface area contributed by atoms with Gasteiger partial charge in [0.15, 0.2) is 0 Å². The van der Waals surface area contributed by atoms with E-state index in [0.29, 0.717) is 0 Å². The fourth-order valence-electron chi connectivity index (χ4n) is 1.29. The lowest BCUT2D eigenvalue weighted by molar-refractivity contribution is 0.202. The van der Waals surface area contributed by atoms with Crippen molar-refractivity contribution in [1.29, 1.82) is 0 Å². The molecule has 0 spiro atoms. The SMILES string of the molecule is Cc1cc(C)cc(C(O)CCl)c1. The first-order valence-corrected chi connectivity index (χ1v) is 4.49. The van der Waals surface area contributed by atoms with Gasteiger partial charge in [0.05, 0.1) is 12.0 Å². The van der Waals surface area contributed by atoms with Gasteiger partial charge in [-0.15, -0.1) is 11.6 Å². The Morgan fingerprint density at radius 2 is 1.75 bits per heavy atom. The van der Waals surface area contributed by atoms with Crippen LogP contribution in [0.1, 0.15) is 22.8 Å². The van der Waals surface area contributed by atoms with Crippen LogP contribution in [-0.4, -0.2) is 11.0 Å². The van der Waals surface area contributed by atoms with Crippen LogP contribution in [0.25, 0.3) is 0 Å². The van der Waals surface area contributed by atoms with Gasteiger partial charge >= 0.3 is 0 Å². The van der Waals surface area contributed by atoms with E-state index in [1.165, 1.54) is 0 Å². The Bertz CT molecular complexity index is 250. The van der Waals surface area contributed by atoms with E-state index in [0.717, 1.165) is 16.7 Å². The number of alkyl halides is 1. The van der Waals surface area contributed by atoms with Gasteiger partial charge in [0.25, 0.3) is 0 Å². The molecule has 66 valence electrons. The van der Waals surface area contributed by atoms with E-state index in [2.05, 4.69) is 6.07 Å². The van der Waals surface area contributed by atoms with Gasteiger partial charge in [-0.3, -0.25) is 0 Å². The number of aryl methyl sites for hydroxylation is 2. The molecule has 1 atom stereocenters. The Hall–Kier alpha value is -0.530. The molecule has 2 heteroatoms. The van der Waals surface area contributed by atoms with Crippen molar-refractivity contribution in [3.63, 3.8) is 0 Å². The van der Waals surface area contributed by atoms with Crippen LogP contribution in [0.5, 0.6) is 0 Å². The van der Waals surface area contributed by atoms with E-state index in [1.807, 2.05) is 26.0 Å². The average Bonchev–Trinajstić information content (AvgIpc) is 2.01. The fourth-order valence-corrected chi connectivity index (χ4v) is 1.47. The van der Waals surface area contributed by atoms with Crippen LogP contribution in [0.15, 0.2) is 18.2 Å². The van der Waals surface area contributed by atoms with Crippen LogP contribution in [0.4, 0.5) is 0 Å². The third kappa shape index (κ3) is 2.23. The molecule has 1 aromatic carbocycles. The maximum absolute atomic E-state index is 9.45. The Morgan fingerprint density at radius 3 is 2.17 bits per heavy atom. The van der Waals surface area contributed by atoms with Crippen molar-refractivity contribution >= 4 is 11.6 Å². The fraction of sp³-hybridized carbons (Fsp3) is 0.400. The van der Waals surface area contributed by atoms with Gasteiger partial charge in [-0.2, -0.15) is 0 Å². The van der Waals surface area contributed by atoms with Crippen molar-refractivity contribution < 1.29 is 5.11 Å². The van der Waals surface area contributed by atoms with Crippen LogP contribution in [0.2, 0.25) is 0 Å². The second-order valence-electron chi connectivity index (χ2n) is 3.09. The summed E-state index contributed by atoms with van der Waals surface area (Å²) in [4.78, 5) is 0. The monoisotopic (exact) mass is 184 g/mol. The zero-order valence-electron chi connectivity index (χ0n) is 7.34. The summed E-state index contributed by atoms with van der Waals surface area (Å²) >= 11 is 5.54. The molecular weight excluding hydrogens is 172 g/mol. The number of aliphatic hydroxyl groups is 1. The predicted octanol–water partition coefficient (Wildman–Crippen LogP) is 2.58. The zero-order chi connectivity index (χ0) is 9.14. The summed E-state index contributed by atoms with van der Waals surface area (Å²) in [6, 6.07) is 5.99. The first-order chi connectivity index (χ1) is 5.63. The van der Waals surface area contributed by atoms with E-state index in [9.17, 15) is 5.11 Å². The van der Waals surface area contributed by atoms with Gasteiger partial charge in [-0.25, -0.2) is 0 Å². The minimum atomic E-state index is -0.537. The number of hydrogen-bond donors (Lipinski definition) is 1. The summed E-state index contributed by atoms with van der Waals surface area (Å²) in [5.41, 5.74) is 3.23. The van der Waals surface area contributed by atoms with Crippen molar-refractivity contribution in [1.82, 2.24) is 0 Å². The van der Waals surface area contributed by atoms with Crippen LogP contribution in [-0.2, 0) is 0 Å². The summed E-state index contributed by atoms with van der Waals surface area (Å²) < 4.78 is 0. The summed E-state index contributed by atoms with van der Waals surface area (Å²) in [5, 5.41) is 9.45. The molecule has 0 saturated carbocycles. The largest absolute Gasteiger partial charge is 0.387 e. The van der Waals surface area contributed by atoms with Crippen LogP contribution >= 0.6 is 11.6 Å². The third-order valence-corrected chi connectivity index (χ3v) is 2.07. The minimum absolute atomic E-state index is 0.253. The predicted molar refractivity (Wildman–Crippen MR) is 51.6 cm³/mol. The highest BCUT2D eigenvalue weighted by molar-refractivity contribution is 6.18. The number of benzene rings is 1. The van der Waals surface area contributed by atoms with Crippen molar-refractivity contribution in [2.75, 3.05) is 5.88 Å². The topological polar surface area (TPSA) is 20.2 Å². The molecule has 0 saturated heterocycles. The van der Waals surface area contributed by atoms with Gasteiger partial charge in [0, 0.05) is 0 Å². The molecule has 0 amide bonds. The van der Waals surface area contributed by atoms with Gasteiger partial charge < -0.3 is 5.11 Å². The molecular formula is C10H13ClO. The molecule has 1 rings (SSSR count). The van der Waals surface area contributed by atoms with E-state index < -0.39 is 6.10 Å². The second kappa shape index (κ2) is 3.92. The van der Waals surface area contributed by atoms with Gasteiger partial charge in [0.1, 0.15) is 0 Å². The molecule has 0 aromatic heterocycles. The Balaban J connectivity index is 3.00. The molecule has 1 aromatic rings. The van der Waals surface area contributed by atoms with Crippen LogP contribution in [0, 0.1) is 13.8 Å². The lowest BCUT2D eigenvalue weighted by Gasteiger charge is -2.08. The Kier molecular flexibility index (Phi) is 3.12. The highest BCUT2D eigenvalue weighted by atomic mass is 35.5. The van der Waals surface area contributed by atoms with E-state index >= 15 is 0 Å². The van der Waals surface area contributed by atoms with Crippen molar-refractivity contribution in [2.45, 2.75) is 20.0 Å². The highest BCUT2D eigenvalue weighted by Gasteiger charge is 2.05. The number of rotatable bonds is 2. The van der Waals surface area contributed by atoms with E-state index in [-0.39, 0.29) is 5.88 Å². The molecule has 1 nitrogen and oxygen atoms in total. The molecule has 0 aliphatic rings. The molecule has 0 aliphatic heterocycles. The van der Waals surface area contributed by atoms with Crippen LogP contribution < -0.4 is 0 Å². The van der Waals surface area contributed by atoms with Gasteiger partial charge in [-0.05, 0) is 19.4 Å². The first-order valence-electron chi connectivity index (χ1n) is 3.95. The maximum Gasteiger partial charge on any atom is 0.0925 e. The summed E-state index contributed by atoms with van der Waals surface area (Å²) in [6.45, 7) is 4.02. The summed E-state index contributed by atoms with van der Waals surface area (Å²) in [7, 11) is 0. The molecule has 1 unspecified atom stereocenters. The molecule has 1 N–H and O–H groups in total. The van der Waals surface area contributed by atoms with Crippen molar-refractivity contribution in [3.05, 3.63) is 34.9 Å². The standard InChI is InChI=1S/C10H13ClO/c1-7-3-8(2)5-9(4-7)10(12)6-11/h3-5,10,12H,6H2,1-2H3. The average molecular weight is 185 g/mol. The smallest absolute Gasteiger partial charge is 0.0925 e. The third-order valence-electron chi connectivity index (χ3n) is 1.77. The summed E-state index contributed by atoms with van der Waals surface area (Å²) in [6.07, 6.45) is -0.537. The van der Waals surface area contributed by atoms with Crippen molar-refractivity contribution in [3.8, 4) is 0 Å². The highest BCUT2D eigenvalue weighted by Crippen LogP contribution is 2.17. The Labute approximate surface area is 78.0 Å². The lowest BCUT2D eigenvalue weighted by atomic mass is 10.0. The number of hydrogen-bond acceptors (Lipinski definition) is 1. The molecule has 0 bridgehead atoms. The zero-order valence-corrected chi connectivity index (χ0v) is 8.10.